The van der Waals surface area contributed by atoms with Gasteiger partial charge in [0, 0.05) is 19.5 Å². The van der Waals surface area contributed by atoms with Gasteiger partial charge in [0.05, 0.1) is 19.1 Å². The SMILES string of the molecule is O=C(O)C[C@H]1CN(C(=O)CC(C2CC2)C2CC2)CCO1. The van der Waals surface area contributed by atoms with Gasteiger partial charge in [-0.1, -0.05) is 0 Å². The number of ether oxygens (including phenoxy) is 1. The summed E-state index contributed by atoms with van der Waals surface area (Å²) in [6.07, 6.45) is 5.47. The van der Waals surface area contributed by atoms with Gasteiger partial charge in [0.15, 0.2) is 0 Å². The van der Waals surface area contributed by atoms with E-state index in [9.17, 15) is 9.59 Å². The van der Waals surface area contributed by atoms with Crippen molar-refractivity contribution in [3.63, 3.8) is 0 Å². The van der Waals surface area contributed by atoms with Gasteiger partial charge in [-0.2, -0.15) is 0 Å². The van der Waals surface area contributed by atoms with Crippen LogP contribution in [0.2, 0.25) is 0 Å². The van der Waals surface area contributed by atoms with Crippen LogP contribution in [0.1, 0.15) is 38.5 Å². The van der Waals surface area contributed by atoms with E-state index in [0.717, 1.165) is 11.8 Å². The van der Waals surface area contributed by atoms with E-state index in [1.54, 1.807) is 0 Å². The first-order chi connectivity index (χ1) is 9.63. The Balaban J connectivity index is 1.51. The molecule has 0 unspecified atom stereocenters. The van der Waals surface area contributed by atoms with Crippen molar-refractivity contribution in [2.45, 2.75) is 44.6 Å². The van der Waals surface area contributed by atoms with Gasteiger partial charge in [-0.3, -0.25) is 9.59 Å². The number of carbonyl (C=O) groups is 2. The maximum Gasteiger partial charge on any atom is 0.306 e. The Hall–Kier alpha value is -1.10. The van der Waals surface area contributed by atoms with Crippen molar-refractivity contribution in [3.05, 3.63) is 0 Å². The number of nitrogens with zero attached hydrogens (tertiary/aromatic N) is 1. The van der Waals surface area contributed by atoms with Crippen molar-refractivity contribution < 1.29 is 19.4 Å². The molecule has 1 atom stereocenters. The number of aliphatic carboxylic acids is 1. The summed E-state index contributed by atoms with van der Waals surface area (Å²) in [5, 5.41) is 8.81. The lowest BCUT2D eigenvalue weighted by Crippen LogP contribution is -2.46. The second-order valence-electron chi connectivity index (χ2n) is 6.47. The smallest absolute Gasteiger partial charge is 0.306 e. The van der Waals surface area contributed by atoms with E-state index in [0.29, 0.717) is 32.0 Å². The molecule has 0 aromatic rings. The number of rotatable bonds is 6. The van der Waals surface area contributed by atoms with Crippen LogP contribution in [-0.2, 0) is 14.3 Å². The fraction of sp³-hybridized carbons (Fsp3) is 0.867. The lowest BCUT2D eigenvalue weighted by atomic mass is 9.93. The van der Waals surface area contributed by atoms with Crippen LogP contribution in [0, 0.1) is 17.8 Å². The van der Waals surface area contributed by atoms with Crippen LogP contribution in [-0.4, -0.2) is 47.7 Å². The highest BCUT2D eigenvalue weighted by Gasteiger charge is 2.43. The summed E-state index contributed by atoms with van der Waals surface area (Å²) in [7, 11) is 0. The molecule has 0 aromatic heterocycles. The van der Waals surface area contributed by atoms with Gasteiger partial charge in [-0.15, -0.1) is 0 Å². The predicted octanol–water partition coefficient (Wildman–Crippen LogP) is 1.51. The van der Waals surface area contributed by atoms with Gasteiger partial charge < -0.3 is 14.7 Å². The molecule has 1 heterocycles. The summed E-state index contributed by atoms with van der Waals surface area (Å²) in [4.78, 5) is 25.0. The molecule has 5 heteroatoms. The topological polar surface area (TPSA) is 66.8 Å². The average molecular weight is 281 g/mol. The number of carboxylic acids is 1. The summed E-state index contributed by atoms with van der Waals surface area (Å²) in [5.41, 5.74) is 0. The molecule has 0 spiro atoms. The van der Waals surface area contributed by atoms with Crippen molar-refractivity contribution >= 4 is 11.9 Å². The van der Waals surface area contributed by atoms with E-state index < -0.39 is 5.97 Å². The molecular formula is C15H23NO4. The summed E-state index contributed by atoms with van der Waals surface area (Å²) in [5.74, 6) is 1.48. The highest BCUT2D eigenvalue weighted by molar-refractivity contribution is 5.77. The second kappa shape index (κ2) is 5.72. The Bertz CT molecular complexity index is 377. The lowest BCUT2D eigenvalue weighted by molar-refractivity contribution is -0.148. The highest BCUT2D eigenvalue weighted by Crippen LogP contribution is 2.50. The van der Waals surface area contributed by atoms with Gasteiger partial charge >= 0.3 is 5.97 Å². The molecule has 1 amide bonds. The van der Waals surface area contributed by atoms with Gasteiger partial charge in [0.2, 0.25) is 5.91 Å². The standard InChI is InChI=1S/C15H23NO4/c17-14(8-13(10-1-2-10)11-3-4-11)16-5-6-20-12(9-16)7-15(18)19/h10-13H,1-9H2,(H,18,19)/t12-/m0/s1. The van der Waals surface area contributed by atoms with Gasteiger partial charge in [0.1, 0.15) is 0 Å². The maximum atomic E-state index is 12.4. The van der Waals surface area contributed by atoms with E-state index in [1.165, 1.54) is 25.7 Å². The minimum Gasteiger partial charge on any atom is -0.481 e. The van der Waals surface area contributed by atoms with E-state index in [4.69, 9.17) is 9.84 Å². The van der Waals surface area contributed by atoms with Crippen LogP contribution in [0.4, 0.5) is 0 Å². The number of carbonyl (C=O) groups excluding carboxylic acids is 1. The summed E-state index contributed by atoms with van der Waals surface area (Å²) in [6, 6.07) is 0. The van der Waals surface area contributed by atoms with Gasteiger partial charge in [-0.05, 0) is 43.4 Å². The first-order valence-corrected chi connectivity index (χ1v) is 7.74. The zero-order valence-corrected chi connectivity index (χ0v) is 11.8. The molecule has 1 aliphatic heterocycles. The predicted molar refractivity (Wildman–Crippen MR) is 72.1 cm³/mol. The number of hydrogen-bond donors (Lipinski definition) is 1. The van der Waals surface area contributed by atoms with Crippen LogP contribution in [0.5, 0.6) is 0 Å². The molecule has 2 saturated carbocycles. The Morgan fingerprint density at radius 1 is 1.20 bits per heavy atom. The monoisotopic (exact) mass is 281 g/mol. The molecule has 0 aromatic carbocycles. The van der Waals surface area contributed by atoms with E-state index >= 15 is 0 Å². The quantitative estimate of drug-likeness (QED) is 0.801. The molecular weight excluding hydrogens is 258 g/mol. The van der Waals surface area contributed by atoms with Gasteiger partial charge in [0.25, 0.3) is 0 Å². The van der Waals surface area contributed by atoms with Gasteiger partial charge in [-0.25, -0.2) is 0 Å². The summed E-state index contributed by atoms with van der Waals surface area (Å²) in [6.45, 7) is 1.51. The number of carboxylic acid groups (broad SMARTS) is 1. The molecule has 112 valence electrons. The molecule has 2 aliphatic carbocycles. The molecule has 0 bridgehead atoms. The molecule has 3 fully saturated rings. The first-order valence-electron chi connectivity index (χ1n) is 7.74. The number of amides is 1. The third-order valence-electron chi connectivity index (χ3n) is 4.76. The van der Waals surface area contributed by atoms with Crippen LogP contribution in [0.25, 0.3) is 0 Å². The highest BCUT2D eigenvalue weighted by atomic mass is 16.5. The zero-order valence-electron chi connectivity index (χ0n) is 11.8. The van der Waals surface area contributed by atoms with E-state index in [1.807, 2.05) is 4.90 Å². The minimum absolute atomic E-state index is 0.0154. The van der Waals surface area contributed by atoms with Crippen molar-refractivity contribution in [1.82, 2.24) is 4.90 Å². The molecule has 1 saturated heterocycles. The molecule has 0 radical (unpaired) electrons. The normalized spacial score (nSPS) is 26.9. The number of morpholine rings is 1. The largest absolute Gasteiger partial charge is 0.481 e. The summed E-state index contributed by atoms with van der Waals surface area (Å²) >= 11 is 0. The van der Waals surface area contributed by atoms with Crippen molar-refractivity contribution in [2.24, 2.45) is 17.8 Å². The number of hydrogen-bond acceptors (Lipinski definition) is 3. The van der Waals surface area contributed by atoms with Crippen LogP contribution in [0.3, 0.4) is 0 Å². The van der Waals surface area contributed by atoms with Crippen LogP contribution >= 0.6 is 0 Å². The van der Waals surface area contributed by atoms with Crippen molar-refractivity contribution in [3.8, 4) is 0 Å². The third kappa shape index (κ3) is 3.51. The molecule has 3 rings (SSSR count). The van der Waals surface area contributed by atoms with E-state index in [-0.39, 0.29) is 18.4 Å². The molecule has 1 N–H and O–H groups in total. The Labute approximate surface area is 119 Å². The Morgan fingerprint density at radius 3 is 2.40 bits per heavy atom. The van der Waals surface area contributed by atoms with Crippen molar-refractivity contribution in [2.75, 3.05) is 19.7 Å². The Kier molecular flexibility index (Phi) is 3.96. The maximum absolute atomic E-state index is 12.4. The van der Waals surface area contributed by atoms with Crippen LogP contribution in [0.15, 0.2) is 0 Å². The van der Waals surface area contributed by atoms with Crippen molar-refractivity contribution in [1.29, 1.82) is 0 Å². The average Bonchev–Trinajstić information content (AvgIpc) is 3.28. The van der Waals surface area contributed by atoms with E-state index in [2.05, 4.69) is 0 Å². The first kappa shape index (κ1) is 13.9. The fourth-order valence-corrected chi connectivity index (χ4v) is 3.36. The molecule has 3 aliphatic rings. The minimum atomic E-state index is -0.863. The Morgan fingerprint density at radius 2 is 1.85 bits per heavy atom. The fourth-order valence-electron chi connectivity index (χ4n) is 3.36. The third-order valence-corrected chi connectivity index (χ3v) is 4.76. The lowest BCUT2D eigenvalue weighted by Gasteiger charge is -2.33. The van der Waals surface area contributed by atoms with Crippen LogP contribution < -0.4 is 0 Å². The summed E-state index contributed by atoms with van der Waals surface area (Å²) < 4.78 is 5.42. The second-order valence-corrected chi connectivity index (χ2v) is 6.47. The molecule has 5 nitrogen and oxygen atoms in total. The zero-order chi connectivity index (χ0) is 14.1. The molecule has 20 heavy (non-hydrogen) atoms.